The van der Waals surface area contributed by atoms with Gasteiger partial charge in [0.15, 0.2) is 5.96 Å². The van der Waals surface area contributed by atoms with Crippen molar-refractivity contribution in [2.75, 3.05) is 31.6 Å². The highest BCUT2D eigenvalue weighted by Gasteiger charge is 2.20. The average Bonchev–Trinajstić information content (AvgIpc) is 2.99. The molecule has 146 valence electrons. The van der Waals surface area contributed by atoms with E-state index in [1.54, 1.807) is 19.2 Å². The number of hydrogen-bond donors (Lipinski definition) is 2. The minimum atomic E-state index is -0.185. The highest BCUT2D eigenvalue weighted by molar-refractivity contribution is 5.80. The molecule has 2 heterocycles. The Hall–Kier alpha value is -2.57. The third-order valence-electron chi connectivity index (χ3n) is 5.08. The second-order valence-corrected chi connectivity index (χ2v) is 6.94. The Kier molecular flexibility index (Phi) is 6.32. The van der Waals surface area contributed by atoms with Crippen LogP contribution in [0.5, 0.6) is 0 Å². The normalized spacial score (nSPS) is 15.9. The molecule has 27 heavy (non-hydrogen) atoms. The van der Waals surface area contributed by atoms with Gasteiger partial charge in [0, 0.05) is 44.0 Å². The lowest BCUT2D eigenvalue weighted by Gasteiger charge is -2.34. The summed E-state index contributed by atoms with van der Waals surface area (Å²) < 4.78 is 18.6. The standard InChI is InChI=1S/C20H28FN5O/c1-14-19(15(2)27-25-14)7-10-23-20(22-3)24-17-8-11-26(12-9-17)18-6-4-5-16(21)13-18/h4-6,13,17H,7-12H2,1-3H3,(H2,22,23,24). The Morgan fingerprint density at radius 1 is 1.33 bits per heavy atom. The van der Waals surface area contributed by atoms with Crippen molar-refractivity contribution in [2.24, 2.45) is 4.99 Å². The van der Waals surface area contributed by atoms with E-state index in [1.807, 2.05) is 19.9 Å². The summed E-state index contributed by atoms with van der Waals surface area (Å²) in [6.45, 7) is 6.47. The topological polar surface area (TPSA) is 65.7 Å². The fourth-order valence-electron chi connectivity index (χ4n) is 3.51. The van der Waals surface area contributed by atoms with Crippen molar-refractivity contribution in [1.82, 2.24) is 15.8 Å². The number of piperidine rings is 1. The zero-order chi connectivity index (χ0) is 19.2. The maximum atomic E-state index is 13.4. The summed E-state index contributed by atoms with van der Waals surface area (Å²) in [5.74, 6) is 1.50. The van der Waals surface area contributed by atoms with Crippen LogP contribution in [0, 0.1) is 19.7 Å². The summed E-state index contributed by atoms with van der Waals surface area (Å²) in [5.41, 5.74) is 3.05. The Morgan fingerprint density at radius 3 is 2.74 bits per heavy atom. The second-order valence-electron chi connectivity index (χ2n) is 6.94. The van der Waals surface area contributed by atoms with E-state index in [1.165, 1.54) is 6.07 Å². The van der Waals surface area contributed by atoms with E-state index in [0.29, 0.717) is 6.04 Å². The number of halogens is 1. The zero-order valence-corrected chi connectivity index (χ0v) is 16.3. The van der Waals surface area contributed by atoms with Gasteiger partial charge in [-0.25, -0.2) is 4.39 Å². The molecule has 1 aromatic heterocycles. The number of aryl methyl sites for hydroxylation is 2. The van der Waals surface area contributed by atoms with E-state index in [9.17, 15) is 4.39 Å². The molecule has 0 atom stereocenters. The molecule has 1 aromatic carbocycles. The minimum absolute atomic E-state index is 0.185. The predicted octanol–water partition coefficient (Wildman–Crippen LogP) is 2.81. The van der Waals surface area contributed by atoms with Crippen molar-refractivity contribution in [1.29, 1.82) is 0 Å². The molecule has 0 amide bonds. The smallest absolute Gasteiger partial charge is 0.191 e. The predicted molar refractivity (Wildman–Crippen MR) is 106 cm³/mol. The van der Waals surface area contributed by atoms with Gasteiger partial charge in [0.25, 0.3) is 0 Å². The van der Waals surface area contributed by atoms with Crippen LogP contribution < -0.4 is 15.5 Å². The van der Waals surface area contributed by atoms with Gasteiger partial charge in [-0.3, -0.25) is 4.99 Å². The fourth-order valence-corrected chi connectivity index (χ4v) is 3.51. The molecule has 6 nitrogen and oxygen atoms in total. The van der Waals surface area contributed by atoms with E-state index in [4.69, 9.17) is 4.52 Å². The van der Waals surface area contributed by atoms with E-state index in [0.717, 1.165) is 67.6 Å². The van der Waals surface area contributed by atoms with Crippen molar-refractivity contribution >= 4 is 11.6 Å². The fraction of sp³-hybridized carbons (Fsp3) is 0.500. The molecule has 3 rings (SSSR count). The molecular weight excluding hydrogens is 345 g/mol. The van der Waals surface area contributed by atoms with Crippen LogP contribution in [-0.2, 0) is 6.42 Å². The Morgan fingerprint density at radius 2 is 2.11 bits per heavy atom. The van der Waals surface area contributed by atoms with Crippen LogP contribution in [0.2, 0.25) is 0 Å². The van der Waals surface area contributed by atoms with E-state index < -0.39 is 0 Å². The lowest BCUT2D eigenvalue weighted by atomic mass is 10.0. The SMILES string of the molecule is CN=C(NCCc1c(C)noc1C)NC1CCN(c2cccc(F)c2)CC1. The lowest BCUT2D eigenvalue weighted by molar-refractivity contribution is 0.392. The van der Waals surface area contributed by atoms with Gasteiger partial charge in [-0.15, -0.1) is 0 Å². The van der Waals surface area contributed by atoms with Crippen LogP contribution in [0.25, 0.3) is 0 Å². The van der Waals surface area contributed by atoms with Crippen molar-refractivity contribution in [3.8, 4) is 0 Å². The quantitative estimate of drug-likeness (QED) is 0.623. The summed E-state index contributed by atoms with van der Waals surface area (Å²) in [6, 6.07) is 7.17. The molecule has 1 aliphatic heterocycles. The molecule has 0 aliphatic carbocycles. The number of guanidine groups is 1. The van der Waals surface area contributed by atoms with Gasteiger partial charge >= 0.3 is 0 Å². The number of hydrogen-bond acceptors (Lipinski definition) is 4. The number of aromatic nitrogens is 1. The number of benzene rings is 1. The number of rotatable bonds is 5. The van der Waals surface area contributed by atoms with E-state index in [2.05, 4.69) is 25.7 Å². The Balaban J connectivity index is 1.44. The Labute approximate surface area is 159 Å². The van der Waals surface area contributed by atoms with Gasteiger partial charge in [0.1, 0.15) is 11.6 Å². The summed E-state index contributed by atoms with van der Waals surface area (Å²) in [4.78, 5) is 6.56. The Bertz CT molecular complexity index is 761. The van der Waals surface area contributed by atoms with Crippen LogP contribution in [0.3, 0.4) is 0 Å². The number of anilines is 1. The van der Waals surface area contributed by atoms with Crippen LogP contribution in [0.15, 0.2) is 33.8 Å². The molecule has 0 unspecified atom stereocenters. The first-order valence-electron chi connectivity index (χ1n) is 9.46. The highest BCUT2D eigenvalue weighted by atomic mass is 19.1. The number of nitrogens with one attached hydrogen (secondary N) is 2. The summed E-state index contributed by atoms with van der Waals surface area (Å²) >= 11 is 0. The van der Waals surface area contributed by atoms with Gasteiger partial charge in [-0.1, -0.05) is 11.2 Å². The third kappa shape index (κ3) is 4.99. The number of nitrogens with zero attached hydrogens (tertiary/aromatic N) is 3. The molecule has 1 aliphatic rings. The molecule has 2 N–H and O–H groups in total. The first kappa shape index (κ1) is 19.2. The van der Waals surface area contributed by atoms with Crippen molar-refractivity contribution in [2.45, 2.75) is 39.2 Å². The van der Waals surface area contributed by atoms with Gasteiger partial charge in [-0.05, 0) is 51.3 Å². The largest absolute Gasteiger partial charge is 0.371 e. The van der Waals surface area contributed by atoms with Gasteiger partial charge < -0.3 is 20.1 Å². The molecule has 1 saturated heterocycles. The highest BCUT2D eigenvalue weighted by Crippen LogP contribution is 2.20. The molecule has 0 bridgehead atoms. The second kappa shape index (κ2) is 8.88. The van der Waals surface area contributed by atoms with Crippen LogP contribution >= 0.6 is 0 Å². The molecule has 0 saturated carbocycles. The van der Waals surface area contributed by atoms with E-state index in [-0.39, 0.29) is 5.82 Å². The van der Waals surface area contributed by atoms with Crippen molar-refractivity contribution in [3.63, 3.8) is 0 Å². The lowest BCUT2D eigenvalue weighted by Crippen LogP contribution is -2.49. The van der Waals surface area contributed by atoms with Gasteiger partial charge in [0.05, 0.1) is 5.69 Å². The molecular formula is C20H28FN5O. The molecule has 7 heteroatoms. The van der Waals surface area contributed by atoms with Gasteiger partial charge in [0.2, 0.25) is 0 Å². The first-order valence-corrected chi connectivity index (χ1v) is 9.46. The van der Waals surface area contributed by atoms with Crippen LogP contribution in [0.4, 0.5) is 10.1 Å². The maximum absolute atomic E-state index is 13.4. The monoisotopic (exact) mass is 373 g/mol. The van der Waals surface area contributed by atoms with Gasteiger partial charge in [-0.2, -0.15) is 0 Å². The summed E-state index contributed by atoms with van der Waals surface area (Å²) in [6.07, 6.45) is 2.82. The molecule has 1 fully saturated rings. The first-order chi connectivity index (χ1) is 13.1. The van der Waals surface area contributed by atoms with Crippen molar-refractivity contribution in [3.05, 3.63) is 47.1 Å². The van der Waals surface area contributed by atoms with E-state index >= 15 is 0 Å². The molecule has 2 aromatic rings. The summed E-state index contributed by atoms with van der Waals surface area (Å²) in [5, 5.41) is 10.9. The average molecular weight is 373 g/mol. The third-order valence-corrected chi connectivity index (χ3v) is 5.08. The summed E-state index contributed by atoms with van der Waals surface area (Å²) in [7, 11) is 1.78. The minimum Gasteiger partial charge on any atom is -0.371 e. The van der Waals surface area contributed by atoms with Crippen LogP contribution in [0.1, 0.15) is 29.9 Å². The van der Waals surface area contributed by atoms with Crippen molar-refractivity contribution < 1.29 is 8.91 Å². The maximum Gasteiger partial charge on any atom is 0.191 e. The van der Waals surface area contributed by atoms with Crippen LogP contribution in [-0.4, -0.2) is 43.8 Å². The zero-order valence-electron chi connectivity index (χ0n) is 16.3. The molecule has 0 spiro atoms. The molecule has 0 radical (unpaired) electrons. The number of aliphatic imine (C=N–C) groups is 1.